The van der Waals surface area contributed by atoms with Gasteiger partial charge in [0.2, 0.25) is 0 Å². The Balaban J connectivity index is 1.76. The molecule has 180 valence electrons. The highest BCUT2D eigenvalue weighted by molar-refractivity contribution is 5.94. The van der Waals surface area contributed by atoms with Gasteiger partial charge in [-0.15, -0.1) is 0 Å². The smallest absolute Gasteiger partial charge is 0.311 e. The highest BCUT2D eigenvalue weighted by Gasteiger charge is 2.17. The number of aryl methyl sites for hydroxylation is 1. The summed E-state index contributed by atoms with van der Waals surface area (Å²) in [4.78, 5) is 36.6. The van der Waals surface area contributed by atoms with Crippen molar-refractivity contribution in [2.24, 2.45) is 18.7 Å². The quantitative estimate of drug-likeness (QED) is 0.229. The summed E-state index contributed by atoms with van der Waals surface area (Å²) in [5.41, 5.74) is 11.0. The maximum atomic E-state index is 13.0. The average molecular weight is 473 g/mol. The second-order valence-electron chi connectivity index (χ2n) is 9.09. The lowest BCUT2D eigenvalue weighted by molar-refractivity contribution is -0.136. The molecule has 0 saturated carbocycles. The number of aromatic nitrogens is 4. The molecule has 2 aromatic carbocycles. The van der Waals surface area contributed by atoms with E-state index in [1.54, 1.807) is 23.7 Å². The largest absolute Gasteiger partial charge is 0.481 e. The molecule has 4 aromatic rings. The monoisotopic (exact) mass is 472 g/mol. The van der Waals surface area contributed by atoms with Crippen LogP contribution in [-0.2, 0) is 31.1 Å². The van der Waals surface area contributed by atoms with Gasteiger partial charge in [0.15, 0.2) is 0 Å². The Labute approximate surface area is 202 Å². The number of nitrogen functional groups attached to an aromatic ring is 1. The summed E-state index contributed by atoms with van der Waals surface area (Å²) in [6.07, 6.45) is 0.884. The molecule has 5 N–H and O–H groups in total. The van der Waals surface area contributed by atoms with E-state index in [-0.39, 0.29) is 17.8 Å². The van der Waals surface area contributed by atoms with E-state index in [1.165, 1.54) is 0 Å². The number of carboxylic acids is 1. The molecule has 4 rings (SSSR count). The number of hydrogen-bond donors (Lipinski definition) is 4. The molecule has 0 unspecified atom stereocenters. The summed E-state index contributed by atoms with van der Waals surface area (Å²) in [6, 6.07) is 12.8. The molecule has 2 aromatic heterocycles. The zero-order chi connectivity index (χ0) is 25.3. The SMILES string of the molecule is CC(C)Cc1[nH]c(CC(=O)O)nc1-c1ccc2c(c1)nc(Cc1ccc(C(=N)N)cc1)c(=O)n2C. The van der Waals surface area contributed by atoms with E-state index in [2.05, 4.69) is 28.8 Å². The number of nitrogens with two attached hydrogens (primary N) is 1. The summed E-state index contributed by atoms with van der Waals surface area (Å²) in [5, 5.41) is 16.7. The predicted octanol–water partition coefficient (Wildman–Crippen LogP) is 3.02. The molecule has 0 fully saturated rings. The molecular weight excluding hydrogens is 444 g/mol. The van der Waals surface area contributed by atoms with E-state index in [0.29, 0.717) is 46.1 Å². The molecule has 9 nitrogen and oxygen atoms in total. The lowest BCUT2D eigenvalue weighted by atomic mass is 10.0. The van der Waals surface area contributed by atoms with Gasteiger partial charge < -0.3 is 20.4 Å². The van der Waals surface area contributed by atoms with Crippen LogP contribution in [0.15, 0.2) is 47.3 Å². The zero-order valence-corrected chi connectivity index (χ0v) is 19.9. The van der Waals surface area contributed by atoms with Crippen LogP contribution in [0.5, 0.6) is 0 Å². The number of rotatable bonds is 8. The molecule has 0 bridgehead atoms. The summed E-state index contributed by atoms with van der Waals surface area (Å²) in [5.74, 6) is -0.193. The molecule has 35 heavy (non-hydrogen) atoms. The van der Waals surface area contributed by atoms with Crippen molar-refractivity contribution in [1.29, 1.82) is 5.41 Å². The minimum Gasteiger partial charge on any atom is -0.481 e. The van der Waals surface area contributed by atoms with E-state index >= 15 is 0 Å². The van der Waals surface area contributed by atoms with Crippen LogP contribution in [0.4, 0.5) is 0 Å². The van der Waals surface area contributed by atoms with Gasteiger partial charge >= 0.3 is 5.97 Å². The fourth-order valence-electron chi connectivity index (χ4n) is 4.14. The summed E-state index contributed by atoms with van der Waals surface area (Å²) in [7, 11) is 1.72. The van der Waals surface area contributed by atoms with Gasteiger partial charge in [0.1, 0.15) is 23.8 Å². The Morgan fingerprint density at radius 1 is 1.17 bits per heavy atom. The van der Waals surface area contributed by atoms with Crippen LogP contribution in [0.3, 0.4) is 0 Å². The highest BCUT2D eigenvalue weighted by Crippen LogP contribution is 2.27. The van der Waals surface area contributed by atoms with Gasteiger partial charge in [-0.2, -0.15) is 0 Å². The molecule has 0 radical (unpaired) electrons. The van der Waals surface area contributed by atoms with Crippen molar-refractivity contribution in [1.82, 2.24) is 19.5 Å². The average Bonchev–Trinajstić information content (AvgIpc) is 3.17. The van der Waals surface area contributed by atoms with Gasteiger partial charge in [0, 0.05) is 30.3 Å². The number of aliphatic carboxylic acids is 1. The van der Waals surface area contributed by atoms with Gasteiger partial charge in [0.25, 0.3) is 5.56 Å². The number of hydrogen-bond acceptors (Lipinski definition) is 5. The van der Waals surface area contributed by atoms with Crippen LogP contribution in [-0.4, -0.2) is 36.4 Å². The zero-order valence-electron chi connectivity index (χ0n) is 19.9. The molecule has 9 heteroatoms. The van der Waals surface area contributed by atoms with E-state index in [0.717, 1.165) is 23.2 Å². The summed E-state index contributed by atoms with van der Waals surface area (Å²) in [6.45, 7) is 4.18. The fraction of sp³-hybridized carbons (Fsp3) is 0.269. The molecule has 0 aliphatic carbocycles. The lowest BCUT2D eigenvalue weighted by Crippen LogP contribution is -2.23. The number of fused-ring (bicyclic) bond motifs is 1. The highest BCUT2D eigenvalue weighted by atomic mass is 16.4. The molecule has 0 amide bonds. The van der Waals surface area contributed by atoms with E-state index < -0.39 is 5.97 Å². The topological polar surface area (TPSA) is 151 Å². The molecular formula is C26H28N6O3. The van der Waals surface area contributed by atoms with Crippen LogP contribution in [0, 0.1) is 11.3 Å². The molecule has 0 aliphatic heterocycles. The maximum absolute atomic E-state index is 13.0. The minimum atomic E-state index is -0.947. The maximum Gasteiger partial charge on any atom is 0.311 e. The van der Waals surface area contributed by atoms with Crippen molar-refractivity contribution < 1.29 is 9.90 Å². The molecule has 0 aliphatic rings. The number of carbonyl (C=O) groups is 1. The Hall–Kier alpha value is -4.27. The third kappa shape index (κ3) is 5.13. The van der Waals surface area contributed by atoms with Crippen molar-refractivity contribution in [3.05, 3.63) is 81.2 Å². The number of aromatic amines is 1. The Kier molecular flexibility index (Phi) is 6.50. The second-order valence-corrected chi connectivity index (χ2v) is 9.09. The van der Waals surface area contributed by atoms with Gasteiger partial charge in [-0.05, 0) is 30.0 Å². The first-order chi connectivity index (χ1) is 16.6. The van der Waals surface area contributed by atoms with Crippen LogP contribution in [0.2, 0.25) is 0 Å². The van der Waals surface area contributed by atoms with Crippen molar-refractivity contribution in [3.8, 4) is 11.3 Å². The fourth-order valence-corrected chi connectivity index (χ4v) is 4.14. The molecule has 0 atom stereocenters. The Morgan fingerprint density at radius 2 is 1.89 bits per heavy atom. The number of amidine groups is 1. The number of benzene rings is 2. The van der Waals surface area contributed by atoms with Gasteiger partial charge in [-0.1, -0.05) is 44.2 Å². The van der Waals surface area contributed by atoms with Gasteiger partial charge in [-0.25, -0.2) is 9.97 Å². The number of nitrogens with zero attached hydrogens (tertiary/aromatic N) is 3. The van der Waals surface area contributed by atoms with Gasteiger partial charge in [-0.3, -0.25) is 15.0 Å². The molecule has 2 heterocycles. The number of nitrogens with one attached hydrogen (secondary N) is 2. The third-order valence-corrected chi connectivity index (χ3v) is 5.81. The van der Waals surface area contributed by atoms with Crippen LogP contribution >= 0.6 is 0 Å². The van der Waals surface area contributed by atoms with Crippen molar-refractivity contribution >= 4 is 22.8 Å². The first-order valence-corrected chi connectivity index (χ1v) is 11.3. The normalized spacial score (nSPS) is 11.3. The predicted molar refractivity (Wildman–Crippen MR) is 135 cm³/mol. The minimum absolute atomic E-state index is 0.00876. The molecule has 0 saturated heterocycles. The van der Waals surface area contributed by atoms with Crippen LogP contribution in [0.1, 0.15) is 42.2 Å². The van der Waals surface area contributed by atoms with Crippen molar-refractivity contribution in [2.75, 3.05) is 0 Å². The lowest BCUT2D eigenvalue weighted by Gasteiger charge is -2.11. The summed E-state index contributed by atoms with van der Waals surface area (Å²) >= 11 is 0. The van der Waals surface area contributed by atoms with E-state index in [1.807, 2.05) is 30.3 Å². The number of carboxylic acid groups (broad SMARTS) is 1. The van der Waals surface area contributed by atoms with Crippen molar-refractivity contribution in [3.63, 3.8) is 0 Å². The van der Waals surface area contributed by atoms with Gasteiger partial charge in [0.05, 0.1) is 16.7 Å². The second kappa shape index (κ2) is 9.54. The van der Waals surface area contributed by atoms with E-state index in [9.17, 15) is 14.7 Å². The Morgan fingerprint density at radius 3 is 2.51 bits per heavy atom. The summed E-state index contributed by atoms with van der Waals surface area (Å²) < 4.78 is 1.58. The molecule has 0 spiro atoms. The third-order valence-electron chi connectivity index (χ3n) is 5.81. The van der Waals surface area contributed by atoms with Crippen molar-refractivity contribution in [2.45, 2.75) is 33.1 Å². The first-order valence-electron chi connectivity index (χ1n) is 11.3. The Bertz CT molecular complexity index is 1480. The standard InChI is InChI=1S/C26H28N6O3/c1-14(2)10-19-24(31-22(30-19)13-23(33)34)17-8-9-21-18(12-17)29-20(26(35)32(21)3)11-15-4-6-16(7-5-15)25(27)28/h4-9,12,14H,10-11,13H2,1-3H3,(H3,27,28)(H,30,31)(H,33,34). The van der Waals surface area contributed by atoms with Crippen LogP contribution in [0.25, 0.3) is 22.3 Å². The number of H-pyrrole nitrogens is 1. The first kappa shape index (κ1) is 23.9. The van der Waals surface area contributed by atoms with Crippen LogP contribution < -0.4 is 11.3 Å². The van der Waals surface area contributed by atoms with E-state index in [4.69, 9.17) is 11.1 Å². The number of imidazole rings is 1.